The zero-order valence-electron chi connectivity index (χ0n) is 10.6. The number of aryl methyl sites for hydroxylation is 1. The maximum atomic E-state index is 12.0. The van der Waals surface area contributed by atoms with Crippen molar-refractivity contribution in [3.63, 3.8) is 0 Å². The third kappa shape index (κ3) is 2.66. The number of rotatable bonds is 3. The van der Waals surface area contributed by atoms with E-state index in [-0.39, 0.29) is 12.3 Å². The van der Waals surface area contributed by atoms with Crippen molar-refractivity contribution in [2.24, 2.45) is 0 Å². The van der Waals surface area contributed by atoms with Gasteiger partial charge < -0.3 is 5.32 Å². The Hall–Kier alpha value is -1.92. The number of nitrogens with one attached hydrogen (secondary N) is 1. The van der Waals surface area contributed by atoms with Crippen LogP contribution in [0.3, 0.4) is 0 Å². The lowest BCUT2D eigenvalue weighted by Crippen LogP contribution is -2.15. The Labute approximate surface area is 124 Å². The molecule has 0 saturated carbocycles. The van der Waals surface area contributed by atoms with Crippen molar-refractivity contribution in [2.45, 2.75) is 13.3 Å². The number of halogens is 1. The van der Waals surface area contributed by atoms with Gasteiger partial charge >= 0.3 is 0 Å². The second-order valence-electron chi connectivity index (χ2n) is 4.32. The Morgan fingerprint density at radius 1 is 1.45 bits per heavy atom. The minimum Gasteiger partial charge on any atom is -0.324 e. The molecule has 102 valence electrons. The van der Waals surface area contributed by atoms with Gasteiger partial charge in [0.25, 0.3) is 0 Å². The van der Waals surface area contributed by atoms with E-state index in [1.807, 2.05) is 22.2 Å². The molecule has 0 saturated heterocycles. The van der Waals surface area contributed by atoms with Crippen LogP contribution in [0.25, 0.3) is 4.96 Å². The molecule has 0 aromatic carbocycles. The number of hydrogen-bond acceptors (Lipinski definition) is 4. The Bertz CT molecular complexity index is 751. The number of hydrogen-bond donors (Lipinski definition) is 1. The molecule has 20 heavy (non-hydrogen) atoms. The summed E-state index contributed by atoms with van der Waals surface area (Å²) in [5, 5.41) is 5.18. The second-order valence-corrected chi connectivity index (χ2v) is 5.58. The Morgan fingerprint density at radius 2 is 2.30 bits per heavy atom. The number of aromatic nitrogens is 3. The second kappa shape index (κ2) is 5.22. The van der Waals surface area contributed by atoms with Gasteiger partial charge in [-0.05, 0) is 19.1 Å². The number of carbonyl (C=O) groups excluding carboxylic acids is 1. The van der Waals surface area contributed by atoms with Crippen LogP contribution in [0.1, 0.15) is 11.4 Å². The molecule has 3 rings (SSSR count). The summed E-state index contributed by atoms with van der Waals surface area (Å²) in [6, 6.07) is 3.39. The molecule has 0 aliphatic carbocycles. The third-order valence-corrected chi connectivity index (χ3v) is 3.79. The van der Waals surface area contributed by atoms with Crippen molar-refractivity contribution in [1.29, 1.82) is 0 Å². The fourth-order valence-electron chi connectivity index (χ4n) is 1.88. The van der Waals surface area contributed by atoms with Gasteiger partial charge in [-0.15, -0.1) is 11.3 Å². The highest BCUT2D eigenvalue weighted by Gasteiger charge is 2.10. The highest BCUT2D eigenvalue weighted by molar-refractivity contribution is 7.15. The molecular formula is C13H11ClN4OS. The van der Waals surface area contributed by atoms with E-state index in [1.54, 1.807) is 19.1 Å². The number of imidazole rings is 1. The smallest absolute Gasteiger partial charge is 0.230 e. The van der Waals surface area contributed by atoms with Gasteiger partial charge in [0.1, 0.15) is 5.15 Å². The zero-order valence-corrected chi connectivity index (χ0v) is 12.2. The van der Waals surface area contributed by atoms with Gasteiger partial charge in [-0.1, -0.05) is 11.6 Å². The normalized spacial score (nSPS) is 10.9. The highest BCUT2D eigenvalue weighted by atomic mass is 35.5. The first-order valence-electron chi connectivity index (χ1n) is 5.96. The predicted octanol–water partition coefficient (Wildman–Crippen LogP) is 2.93. The van der Waals surface area contributed by atoms with Gasteiger partial charge in [0.2, 0.25) is 5.91 Å². The predicted molar refractivity (Wildman–Crippen MR) is 79.4 cm³/mol. The fourth-order valence-corrected chi connectivity index (χ4v) is 2.79. The van der Waals surface area contributed by atoms with E-state index in [2.05, 4.69) is 15.3 Å². The van der Waals surface area contributed by atoms with Crippen molar-refractivity contribution >= 4 is 39.5 Å². The van der Waals surface area contributed by atoms with E-state index in [4.69, 9.17) is 11.6 Å². The average molecular weight is 307 g/mol. The first-order chi connectivity index (χ1) is 9.61. The zero-order chi connectivity index (χ0) is 14.1. The summed E-state index contributed by atoms with van der Waals surface area (Å²) in [5.74, 6) is -0.122. The van der Waals surface area contributed by atoms with Gasteiger partial charge in [0, 0.05) is 17.8 Å². The molecule has 1 amide bonds. The van der Waals surface area contributed by atoms with Crippen LogP contribution in [0.15, 0.2) is 29.9 Å². The Balaban J connectivity index is 1.71. The lowest BCUT2D eigenvalue weighted by molar-refractivity contribution is -0.115. The lowest BCUT2D eigenvalue weighted by atomic mass is 10.2. The van der Waals surface area contributed by atoms with Gasteiger partial charge in [0.15, 0.2) is 4.96 Å². The number of carbonyl (C=O) groups is 1. The summed E-state index contributed by atoms with van der Waals surface area (Å²) >= 11 is 7.32. The van der Waals surface area contributed by atoms with Crippen LogP contribution in [-0.4, -0.2) is 20.3 Å². The fraction of sp³-hybridized carbons (Fsp3) is 0.154. The van der Waals surface area contributed by atoms with E-state index in [9.17, 15) is 4.79 Å². The van der Waals surface area contributed by atoms with Crippen LogP contribution < -0.4 is 5.32 Å². The molecule has 0 aliphatic heterocycles. The van der Waals surface area contributed by atoms with Gasteiger partial charge in [-0.2, -0.15) is 0 Å². The van der Waals surface area contributed by atoms with Crippen LogP contribution in [0.5, 0.6) is 0 Å². The summed E-state index contributed by atoms with van der Waals surface area (Å²) in [7, 11) is 0. The number of pyridine rings is 1. The van der Waals surface area contributed by atoms with Crippen LogP contribution in [-0.2, 0) is 11.2 Å². The van der Waals surface area contributed by atoms with Crippen molar-refractivity contribution in [2.75, 3.05) is 5.32 Å². The van der Waals surface area contributed by atoms with E-state index >= 15 is 0 Å². The van der Waals surface area contributed by atoms with Crippen LogP contribution in [0.2, 0.25) is 5.15 Å². The molecule has 5 nitrogen and oxygen atoms in total. The molecule has 0 spiro atoms. The lowest BCUT2D eigenvalue weighted by Gasteiger charge is -2.06. The first kappa shape index (κ1) is 13.1. The molecule has 3 aromatic heterocycles. The van der Waals surface area contributed by atoms with E-state index in [1.165, 1.54) is 11.3 Å². The monoisotopic (exact) mass is 306 g/mol. The number of thiazole rings is 1. The maximum Gasteiger partial charge on any atom is 0.230 e. The van der Waals surface area contributed by atoms with Crippen LogP contribution in [0, 0.1) is 6.92 Å². The van der Waals surface area contributed by atoms with Crippen LogP contribution in [0.4, 0.5) is 5.69 Å². The van der Waals surface area contributed by atoms with Crippen molar-refractivity contribution in [3.05, 3.63) is 46.4 Å². The number of amides is 1. The maximum absolute atomic E-state index is 12.0. The Morgan fingerprint density at radius 3 is 3.05 bits per heavy atom. The average Bonchev–Trinajstić information content (AvgIpc) is 2.93. The molecule has 7 heteroatoms. The molecule has 0 radical (unpaired) electrons. The summed E-state index contributed by atoms with van der Waals surface area (Å²) in [4.78, 5) is 21.4. The molecule has 0 fully saturated rings. The largest absolute Gasteiger partial charge is 0.324 e. The summed E-state index contributed by atoms with van der Waals surface area (Å²) in [5.41, 5.74) is 2.10. The number of fused-ring (bicyclic) bond motifs is 1. The Kier molecular flexibility index (Phi) is 3.42. The van der Waals surface area contributed by atoms with E-state index < -0.39 is 0 Å². The summed E-state index contributed by atoms with van der Waals surface area (Å²) in [6.07, 6.45) is 4.01. The van der Waals surface area contributed by atoms with Crippen molar-refractivity contribution < 1.29 is 4.79 Å². The molecule has 1 N–H and O–H groups in total. The molecule has 0 atom stereocenters. The minimum atomic E-state index is -0.122. The van der Waals surface area contributed by atoms with Crippen molar-refractivity contribution in [1.82, 2.24) is 14.4 Å². The first-order valence-corrected chi connectivity index (χ1v) is 7.21. The van der Waals surface area contributed by atoms with Crippen LogP contribution >= 0.6 is 22.9 Å². The topological polar surface area (TPSA) is 59.3 Å². The quantitative estimate of drug-likeness (QED) is 0.757. The molecule has 0 aliphatic rings. The molecule has 0 unspecified atom stereocenters. The van der Waals surface area contributed by atoms with E-state index in [0.717, 1.165) is 10.7 Å². The molecule has 3 heterocycles. The van der Waals surface area contributed by atoms with Gasteiger partial charge in [-0.25, -0.2) is 9.97 Å². The summed E-state index contributed by atoms with van der Waals surface area (Å²) in [6.45, 7) is 1.80. The molecule has 3 aromatic rings. The summed E-state index contributed by atoms with van der Waals surface area (Å²) < 4.78 is 1.91. The van der Waals surface area contributed by atoms with E-state index in [0.29, 0.717) is 16.5 Å². The van der Waals surface area contributed by atoms with Crippen molar-refractivity contribution in [3.8, 4) is 0 Å². The minimum absolute atomic E-state index is 0.122. The highest BCUT2D eigenvalue weighted by Crippen LogP contribution is 2.16. The van der Waals surface area contributed by atoms with Gasteiger partial charge in [-0.3, -0.25) is 9.20 Å². The third-order valence-electron chi connectivity index (χ3n) is 2.81. The number of anilines is 1. The standard InChI is InChI=1S/C13H11ClN4OS/c1-8-10(2-3-11(14)15-8)17-12(19)6-9-7-18-4-5-20-13(18)16-9/h2-5,7H,6H2,1H3,(H,17,19). The van der Waals surface area contributed by atoms with Gasteiger partial charge in [0.05, 0.1) is 23.5 Å². The molecular weight excluding hydrogens is 296 g/mol. The number of nitrogens with zero attached hydrogens (tertiary/aromatic N) is 3. The molecule has 0 bridgehead atoms. The SMILES string of the molecule is Cc1nc(Cl)ccc1NC(=O)Cc1cn2ccsc2n1.